The summed E-state index contributed by atoms with van der Waals surface area (Å²) in [6, 6.07) is 0. The van der Waals surface area contributed by atoms with Crippen molar-refractivity contribution in [1.29, 1.82) is 0 Å². The van der Waals surface area contributed by atoms with Gasteiger partial charge in [-0.2, -0.15) is 9.13 Å². The number of hydrogen-bond donors (Lipinski definition) is 0. The summed E-state index contributed by atoms with van der Waals surface area (Å²) in [4.78, 5) is 11.1. The molecule has 0 unspecified atom stereocenters. The molecule has 2 heterocycles. The first-order chi connectivity index (χ1) is 10.0. The maximum atomic E-state index is 11.1. The van der Waals surface area contributed by atoms with Crippen LogP contribution in [0.15, 0.2) is 37.4 Å². The summed E-state index contributed by atoms with van der Waals surface area (Å²) in [5, 5.41) is 11.1. The van der Waals surface area contributed by atoms with E-state index in [1.54, 1.807) is 55.7 Å². The number of carboxylic acid groups (broad SMARTS) is 1. The van der Waals surface area contributed by atoms with Crippen LogP contribution in [-0.4, -0.2) is 31.5 Å². The third-order valence-electron chi connectivity index (χ3n) is 2.35. The Morgan fingerprint density at radius 3 is 1.31 bits per heavy atom. The molecule has 0 aliphatic carbocycles. The summed E-state index contributed by atoms with van der Waals surface area (Å²) >= 11 is 0. The van der Waals surface area contributed by atoms with Crippen LogP contribution in [0.25, 0.3) is 0 Å². The summed E-state index contributed by atoms with van der Waals surface area (Å²) in [7, 11) is -6.99. The first-order valence-electron chi connectivity index (χ1n) is 5.85. The summed E-state index contributed by atoms with van der Waals surface area (Å²) < 4.78 is 65.9. The van der Waals surface area contributed by atoms with Crippen LogP contribution < -0.4 is 14.2 Å². The molecule has 6 N–H and O–H groups in total. The predicted octanol–water partition coefficient (Wildman–Crippen LogP) is -1.36. The fraction of sp³-hybridized carbons (Fsp3) is 0.300. The Morgan fingerprint density at radius 2 is 1.15 bits per heavy atom. The van der Waals surface area contributed by atoms with Crippen molar-refractivity contribution in [2.75, 3.05) is 0 Å². The molecule has 0 fully saturated rings. The van der Waals surface area contributed by atoms with E-state index in [0.717, 1.165) is 0 Å². The molecular weight excluding hydrogens is 401 g/mol. The number of rotatable bonds is 3. The number of aliphatic carboxylic acids is 1. The summed E-state index contributed by atoms with van der Waals surface area (Å²) in [5.74, 6) is -1.15. The second-order valence-electron chi connectivity index (χ2n) is 4.70. The SMILES string of the molecule is C[n+]1ccn(C(C(=O)[O-])n2cc[n+](C)c2)c1.F[P-](F)(F)(F)(F)F.O.O.O. The van der Waals surface area contributed by atoms with Gasteiger partial charge in [-0.25, -0.2) is 9.13 Å². The first-order valence-corrected chi connectivity index (χ1v) is 7.88. The van der Waals surface area contributed by atoms with Crippen LogP contribution in [0.1, 0.15) is 6.17 Å². The molecule has 0 aromatic carbocycles. The van der Waals surface area contributed by atoms with Crippen molar-refractivity contribution in [3.05, 3.63) is 37.4 Å². The van der Waals surface area contributed by atoms with Gasteiger partial charge >= 0.3 is 33.0 Å². The number of imidazole rings is 2. The van der Waals surface area contributed by atoms with Crippen molar-refractivity contribution >= 4 is 13.8 Å². The zero-order valence-corrected chi connectivity index (χ0v) is 14.3. The van der Waals surface area contributed by atoms with E-state index in [1.807, 2.05) is 14.1 Å². The Labute approximate surface area is 142 Å². The van der Waals surface area contributed by atoms with Gasteiger partial charge in [0.25, 0.3) is 6.17 Å². The molecule has 0 aliphatic rings. The maximum Gasteiger partial charge on any atom is -0.412 e. The largest absolute Gasteiger partial charge is 0.412 e. The van der Waals surface area contributed by atoms with E-state index in [-0.39, 0.29) is 16.4 Å². The molecule has 0 spiro atoms. The maximum absolute atomic E-state index is 11.1. The number of carbonyl (C=O) groups excluding carboxylic acids is 1. The molecule has 0 aliphatic heterocycles. The van der Waals surface area contributed by atoms with Gasteiger partial charge in [-0.05, 0) is 0 Å². The van der Waals surface area contributed by atoms with Gasteiger partial charge in [0.05, 0.1) is 14.1 Å². The summed E-state index contributed by atoms with van der Waals surface area (Å²) in [5.41, 5.74) is 0. The molecule has 0 atom stereocenters. The quantitative estimate of drug-likeness (QED) is 0.342. The van der Waals surface area contributed by atoms with E-state index in [9.17, 15) is 35.1 Å². The van der Waals surface area contributed by atoms with Crippen LogP contribution in [0.3, 0.4) is 0 Å². The van der Waals surface area contributed by atoms with Gasteiger partial charge in [0.15, 0.2) is 0 Å². The van der Waals surface area contributed by atoms with Crippen molar-refractivity contribution in [1.82, 2.24) is 9.13 Å². The van der Waals surface area contributed by atoms with E-state index in [0.29, 0.717) is 0 Å². The summed E-state index contributed by atoms with van der Waals surface area (Å²) in [6.45, 7) is 0. The van der Waals surface area contributed by atoms with Gasteiger partial charge in [-0.1, -0.05) is 0 Å². The molecule has 0 amide bonds. The molecule has 0 saturated carbocycles. The Hall–Kier alpha value is -2.22. The van der Waals surface area contributed by atoms with Crippen molar-refractivity contribution in [2.24, 2.45) is 14.1 Å². The minimum atomic E-state index is -10.7. The molecule has 2 aromatic rings. The average molecular weight is 420 g/mol. The molecule has 0 saturated heterocycles. The smallest absolute Gasteiger partial charge is 0.412 e. The molecular formula is C10H19F6N4O5P. The van der Waals surface area contributed by atoms with E-state index < -0.39 is 19.9 Å². The van der Waals surface area contributed by atoms with Crippen molar-refractivity contribution < 1.29 is 60.6 Å². The standard InChI is InChI=1S/C10H13N4O2.F6P.3H2O/c1-11-3-5-13(7-11)9(10(15)16)14-6-4-12(2)8-14;1-7(2,3,4,5)6;;;/h3-9H,1-2H3;;3*1H2/q+1;-1;;;. The fourth-order valence-electron chi connectivity index (χ4n) is 1.63. The topological polar surface area (TPSA) is 152 Å². The Kier molecular flexibility index (Phi) is 8.78. The monoisotopic (exact) mass is 420 g/mol. The second kappa shape index (κ2) is 7.99. The van der Waals surface area contributed by atoms with E-state index >= 15 is 0 Å². The van der Waals surface area contributed by atoms with Gasteiger partial charge < -0.3 is 26.3 Å². The number of halogens is 6. The number of hydrogen-bond acceptors (Lipinski definition) is 2. The van der Waals surface area contributed by atoms with Gasteiger partial charge in [0.1, 0.15) is 30.8 Å². The summed E-state index contributed by atoms with van der Waals surface area (Å²) in [6.07, 6.45) is 9.48. The van der Waals surface area contributed by atoms with E-state index in [2.05, 4.69) is 0 Å². The molecule has 16 heteroatoms. The van der Waals surface area contributed by atoms with Gasteiger partial charge in [-0.3, -0.25) is 0 Å². The normalized spacial score (nSPS) is 13.0. The van der Waals surface area contributed by atoms with E-state index in [1.165, 1.54) is 0 Å². The third kappa shape index (κ3) is 12.2. The zero-order valence-electron chi connectivity index (χ0n) is 13.4. The molecule has 26 heavy (non-hydrogen) atoms. The minimum absolute atomic E-state index is 0. The molecule has 9 nitrogen and oxygen atoms in total. The number of nitrogens with zero attached hydrogens (tertiary/aromatic N) is 4. The van der Waals surface area contributed by atoms with Crippen molar-refractivity contribution in [2.45, 2.75) is 6.17 Å². The van der Waals surface area contributed by atoms with Gasteiger partial charge in [0.2, 0.25) is 12.7 Å². The van der Waals surface area contributed by atoms with Crippen LogP contribution in [0, 0.1) is 0 Å². The van der Waals surface area contributed by atoms with Crippen molar-refractivity contribution in [3.8, 4) is 0 Å². The number of carboxylic acids is 1. The molecule has 2 aromatic heterocycles. The fourth-order valence-corrected chi connectivity index (χ4v) is 1.63. The van der Waals surface area contributed by atoms with Crippen LogP contribution in [0.5, 0.6) is 0 Å². The van der Waals surface area contributed by atoms with Crippen LogP contribution >= 0.6 is 7.81 Å². The van der Waals surface area contributed by atoms with Crippen molar-refractivity contribution in [3.63, 3.8) is 0 Å². The zero-order chi connectivity index (χ0) is 18.1. The Morgan fingerprint density at radius 1 is 0.885 bits per heavy atom. The predicted molar refractivity (Wildman–Crippen MR) is 75.1 cm³/mol. The number of aromatic nitrogens is 4. The van der Waals surface area contributed by atoms with Gasteiger partial charge in [-0.15, -0.1) is 0 Å². The number of carbonyl (C=O) groups is 1. The van der Waals surface area contributed by atoms with Gasteiger partial charge in [0, 0.05) is 0 Å². The molecule has 156 valence electrons. The average Bonchev–Trinajstić information content (AvgIpc) is 2.84. The number of aryl methyl sites for hydroxylation is 2. The van der Waals surface area contributed by atoms with E-state index in [4.69, 9.17) is 0 Å². The molecule has 2 rings (SSSR count). The minimum Gasteiger partial charge on any atom is -0.412 e. The molecule has 0 radical (unpaired) electrons. The van der Waals surface area contributed by atoms with Crippen LogP contribution in [-0.2, 0) is 18.9 Å². The Balaban J connectivity index is -0.000000464. The van der Waals surface area contributed by atoms with Crippen LogP contribution in [0.4, 0.5) is 25.2 Å². The Bertz CT molecular complexity index is 665. The van der Waals surface area contributed by atoms with Crippen LogP contribution in [0.2, 0.25) is 0 Å². The molecule has 0 bridgehead atoms. The third-order valence-corrected chi connectivity index (χ3v) is 2.35. The second-order valence-corrected chi connectivity index (χ2v) is 6.62. The first kappa shape index (κ1) is 28.6.